The number of nitrogens with zero attached hydrogens (tertiary/aromatic N) is 1. The van der Waals surface area contributed by atoms with Gasteiger partial charge in [0.1, 0.15) is 6.10 Å². The van der Waals surface area contributed by atoms with Crippen molar-refractivity contribution in [3.05, 3.63) is 22.7 Å². The molecule has 0 saturated heterocycles. The van der Waals surface area contributed by atoms with Gasteiger partial charge >= 0.3 is 0 Å². The van der Waals surface area contributed by atoms with Crippen molar-refractivity contribution in [1.29, 1.82) is 0 Å². The van der Waals surface area contributed by atoms with Crippen molar-refractivity contribution in [3.8, 4) is 5.19 Å². The van der Waals surface area contributed by atoms with Gasteiger partial charge in [-0.2, -0.15) is 0 Å². The molecule has 0 bridgehead atoms. The van der Waals surface area contributed by atoms with E-state index in [1.54, 1.807) is 11.3 Å². The van der Waals surface area contributed by atoms with Crippen LogP contribution in [0.25, 0.3) is 10.2 Å². The van der Waals surface area contributed by atoms with E-state index in [1.165, 1.54) is 6.92 Å². The van der Waals surface area contributed by atoms with Gasteiger partial charge in [-0.3, -0.25) is 4.79 Å². The number of aromatic nitrogens is 1. The summed E-state index contributed by atoms with van der Waals surface area (Å²) in [7, 11) is 0. The number of ether oxygens (including phenoxy) is 2. The van der Waals surface area contributed by atoms with Gasteiger partial charge in [-0.25, -0.2) is 4.98 Å². The van der Waals surface area contributed by atoms with Crippen molar-refractivity contribution < 1.29 is 14.3 Å². The zero-order valence-corrected chi connectivity index (χ0v) is 16.9. The molecule has 1 saturated carbocycles. The molecular formula is C18H23BrN2O3S. The molecule has 136 valence electrons. The van der Waals surface area contributed by atoms with Gasteiger partial charge in [-0.15, -0.1) is 0 Å². The maximum absolute atomic E-state index is 11.0. The van der Waals surface area contributed by atoms with Gasteiger partial charge in [0.05, 0.1) is 22.9 Å². The number of benzene rings is 1. The third-order valence-corrected chi connectivity index (χ3v) is 5.65. The third kappa shape index (κ3) is 5.39. The fraction of sp³-hybridized carbons (Fsp3) is 0.556. The lowest BCUT2D eigenvalue weighted by molar-refractivity contribution is -0.120. The van der Waals surface area contributed by atoms with Gasteiger partial charge in [0, 0.05) is 17.4 Å². The number of carbonyl (C=O) groups is 1. The maximum atomic E-state index is 11.0. The van der Waals surface area contributed by atoms with Crippen LogP contribution in [0, 0.1) is 0 Å². The Kier molecular flexibility index (Phi) is 6.30. The summed E-state index contributed by atoms with van der Waals surface area (Å²) in [5.74, 6) is -0.0175. The van der Waals surface area contributed by atoms with E-state index in [0.29, 0.717) is 6.61 Å². The van der Waals surface area contributed by atoms with Crippen LogP contribution in [0.2, 0.25) is 0 Å². The van der Waals surface area contributed by atoms with E-state index >= 15 is 0 Å². The van der Waals surface area contributed by atoms with Crippen LogP contribution in [0.4, 0.5) is 0 Å². The quantitative estimate of drug-likeness (QED) is 0.747. The molecule has 5 nitrogen and oxygen atoms in total. The number of carbonyl (C=O) groups excluding carboxylic acids is 1. The number of hydrogen-bond donors (Lipinski definition) is 1. The number of halogens is 1. The summed E-state index contributed by atoms with van der Waals surface area (Å²) in [4.78, 5) is 15.6. The van der Waals surface area contributed by atoms with Gasteiger partial charge in [-0.1, -0.05) is 27.3 Å². The number of amides is 1. The highest BCUT2D eigenvalue weighted by molar-refractivity contribution is 9.10. The Labute approximate surface area is 160 Å². The first-order valence-electron chi connectivity index (χ1n) is 8.61. The Morgan fingerprint density at radius 1 is 1.36 bits per heavy atom. The zero-order valence-electron chi connectivity index (χ0n) is 14.5. The second-order valence-corrected chi connectivity index (χ2v) is 8.45. The predicted molar refractivity (Wildman–Crippen MR) is 103 cm³/mol. The maximum Gasteiger partial charge on any atom is 0.274 e. The molecule has 0 aliphatic heterocycles. The number of thiazole rings is 1. The first-order chi connectivity index (χ1) is 12.0. The minimum atomic E-state index is -0.0175. The van der Waals surface area contributed by atoms with Gasteiger partial charge in [-0.05, 0) is 50.8 Å². The number of nitrogens with one attached hydrogen (secondary N) is 1. The highest BCUT2D eigenvalue weighted by Crippen LogP contribution is 2.32. The second kappa shape index (κ2) is 8.47. The third-order valence-electron chi connectivity index (χ3n) is 4.25. The molecule has 1 atom stereocenters. The largest absolute Gasteiger partial charge is 0.467 e. The van der Waals surface area contributed by atoms with Gasteiger partial charge in [0.25, 0.3) is 5.19 Å². The summed E-state index contributed by atoms with van der Waals surface area (Å²) in [6, 6.07) is 6.12. The molecule has 1 amide bonds. The Balaban J connectivity index is 1.45. The average molecular weight is 427 g/mol. The molecule has 0 unspecified atom stereocenters. The summed E-state index contributed by atoms with van der Waals surface area (Å²) in [6.45, 7) is 4.05. The molecule has 2 aromatic rings. The van der Waals surface area contributed by atoms with Crippen molar-refractivity contribution in [1.82, 2.24) is 10.3 Å². The lowest BCUT2D eigenvalue weighted by Crippen LogP contribution is -2.36. The summed E-state index contributed by atoms with van der Waals surface area (Å²) in [5, 5.41) is 3.59. The Bertz CT molecular complexity index is 728. The SMILES string of the molecule is CC(=O)N[C@@H](C)CO[C@H]1CC[C@H](Oc2nc3ccc(Br)cc3s2)CC1. The molecule has 1 aliphatic rings. The average Bonchev–Trinajstić information content (AvgIpc) is 2.95. The molecule has 0 spiro atoms. The molecule has 1 N–H and O–H groups in total. The molecule has 3 rings (SSSR count). The van der Waals surface area contributed by atoms with E-state index in [0.717, 1.165) is 45.6 Å². The molecule has 7 heteroatoms. The van der Waals surface area contributed by atoms with Crippen LogP contribution in [0.1, 0.15) is 39.5 Å². The lowest BCUT2D eigenvalue weighted by atomic mass is 9.95. The Morgan fingerprint density at radius 2 is 2.08 bits per heavy atom. The predicted octanol–water partition coefficient (Wildman–Crippen LogP) is 4.29. The number of hydrogen-bond acceptors (Lipinski definition) is 5. The molecule has 1 heterocycles. The van der Waals surface area contributed by atoms with Crippen LogP contribution in [0.15, 0.2) is 22.7 Å². The smallest absolute Gasteiger partial charge is 0.274 e. The van der Waals surface area contributed by atoms with Crippen molar-refractivity contribution in [3.63, 3.8) is 0 Å². The van der Waals surface area contributed by atoms with E-state index in [4.69, 9.17) is 9.47 Å². The van der Waals surface area contributed by atoms with Crippen molar-refractivity contribution in [2.75, 3.05) is 6.61 Å². The fourth-order valence-corrected chi connectivity index (χ4v) is 4.49. The van der Waals surface area contributed by atoms with Crippen LogP contribution < -0.4 is 10.1 Å². The molecule has 1 aromatic carbocycles. The van der Waals surface area contributed by atoms with Gasteiger partial charge < -0.3 is 14.8 Å². The molecular weight excluding hydrogens is 404 g/mol. The van der Waals surface area contributed by atoms with Gasteiger partial charge in [0.15, 0.2) is 0 Å². The van der Waals surface area contributed by atoms with Gasteiger partial charge in [0.2, 0.25) is 5.91 Å². The molecule has 0 radical (unpaired) electrons. The van der Waals surface area contributed by atoms with E-state index in [-0.39, 0.29) is 24.2 Å². The monoisotopic (exact) mass is 426 g/mol. The highest BCUT2D eigenvalue weighted by atomic mass is 79.9. The standard InChI is InChI=1S/C18H23BrN2O3S/c1-11(20-12(2)22)10-23-14-4-6-15(7-5-14)24-18-21-16-8-3-13(19)9-17(16)25-18/h3,8-9,11,14-15H,4-7,10H2,1-2H3,(H,20,22)/t11-,14-,15-/m0/s1. The lowest BCUT2D eigenvalue weighted by Gasteiger charge is -2.29. The summed E-state index contributed by atoms with van der Waals surface area (Å²) in [6.07, 6.45) is 4.36. The van der Waals surface area contributed by atoms with Crippen LogP contribution in [-0.2, 0) is 9.53 Å². The van der Waals surface area contributed by atoms with E-state index in [9.17, 15) is 4.79 Å². The molecule has 25 heavy (non-hydrogen) atoms. The number of rotatable bonds is 6. The van der Waals surface area contributed by atoms with Crippen molar-refractivity contribution in [2.45, 2.75) is 57.8 Å². The molecule has 1 fully saturated rings. The van der Waals surface area contributed by atoms with E-state index < -0.39 is 0 Å². The minimum Gasteiger partial charge on any atom is -0.467 e. The summed E-state index contributed by atoms with van der Waals surface area (Å²) < 4.78 is 14.2. The molecule has 1 aromatic heterocycles. The Morgan fingerprint density at radius 3 is 2.80 bits per heavy atom. The number of fused-ring (bicyclic) bond motifs is 1. The highest BCUT2D eigenvalue weighted by Gasteiger charge is 2.24. The topological polar surface area (TPSA) is 60.5 Å². The molecule has 1 aliphatic carbocycles. The van der Waals surface area contributed by atoms with Crippen LogP contribution in [-0.4, -0.2) is 35.7 Å². The van der Waals surface area contributed by atoms with Crippen molar-refractivity contribution in [2.24, 2.45) is 0 Å². The Hall–Kier alpha value is -1.18. The van der Waals surface area contributed by atoms with Crippen LogP contribution in [0.5, 0.6) is 5.19 Å². The fourth-order valence-electron chi connectivity index (χ4n) is 3.06. The first kappa shape index (κ1) is 18.6. The second-order valence-electron chi connectivity index (χ2n) is 6.54. The van der Waals surface area contributed by atoms with E-state index in [1.807, 2.05) is 19.1 Å². The van der Waals surface area contributed by atoms with Crippen LogP contribution >= 0.6 is 27.3 Å². The zero-order chi connectivity index (χ0) is 17.8. The van der Waals surface area contributed by atoms with Crippen molar-refractivity contribution >= 4 is 43.4 Å². The minimum absolute atomic E-state index is 0.0175. The summed E-state index contributed by atoms with van der Waals surface area (Å²) >= 11 is 5.08. The normalized spacial score (nSPS) is 21.9. The van der Waals surface area contributed by atoms with E-state index in [2.05, 4.69) is 32.3 Å². The van der Waals surface area contributed by atoms with Crippen LogP contribution in [0.3, 0.4) is 0 Å². The first-order valence-corrected chi connectivity index (χ1v) is 10.2. The summed E-state index contributed by atoms with van der Waals surface area (Å²) in [5.41, 5.74) is 0.979.